The van der Waals surface area contributed by atoms with Crippen molar-refractivity contribution in [2.24, 2.45) is 0 Å². The SMILES string of the molecule is O=C(O)CC[C@H](NC(=O)O[C@@H](CCCCNC(=O)c1cncc(I)c1)C(=O)O)C(=O)O. The van der Waals surface area contributed by atoms with E-state index in [1.54, 1.807) is 12.3 Å². The van der Waals surface area contributed by atoms with Gasteiger partial charge >= 0.3 is 24.0 Å². The molecule has 2 amide bonds. The molecule has 0 spiro atoms. The van der Waals surface area contributed by atoms with Crippen LogP contribution in [0.5, 0.6) is 0 Å². The average Bonchev–Trinajstić information content (AvgIpc) is 2.69. The predicted molar refractivity (Wildman–Crippen MR) is 112 cm³/mol. The number of alkyl carbamates (subject to hydrolysis) is 1. The molecule has 0 aliphatic carbocycles. The number of nitrogens with one attached hydrogen (secondary N) is 2. The molecular formula is C18H22IN3O9. The number of carboxylic acids is 3. The number of aliphatic carboxylic acids is 3. The molecule has 0 saturated heterocycles. The van der Waals surface area contributed by atoms with E-state index in [0.717, 1.165) is 3.57 Å². The van der Waals surface area contributed by atoms with Gasteiger partial charge in [0, 0.05) is 28.9 Å². The second kappa shape index (κ2) is 13.4. The monoisotopic (exact) mass is 551 g/mol. The van der Waals surface area contributed by atoms with Gasteiger partial charge in [0.15, 0.2) is 0 Å². The minimum Gasteiger partial charge on any atom is -0.481 e. The smallest absolute Gasteiger partial charge is 0.408 e. The Morgan fingerprint density at radius 1 is 1.03 bits per heavy atom. The molecule has 1 heterocycles. The summed E-state index contributed by atoms with van der Waals surface area (Å²) in [7, 11) is 0. The van der Waals surface area contributed by atoms with E-state index in [9.17, 15) is 29.1 Å². The van der Waals surface area contributed by atoms with Gasteiger partial charge in [-0.25, -0.2) is 14.4 Å². The number of ether oxygens (including phenoxy) is 1. The Bertz CT molecular complexity index is 818. The largest absolute Gasteiger partial charge is 0.481 e. The van der Waals surface area contributed by atoms with Crippen LogP contribution in [-0.2, 0) is 19.1 Å². The molecule has 0 saturated carbocycles. The third-order valence-corrected chi connectivity index (χ3v) is 4.50. The first-order valence-electron chi connectivity index (χ1n) is 9.13. The van der Waals surface area contributed by atoms with Crippen LogP contribution >= 0.6 is 22.6 Å². The number of carboxylic acid groups (broad SMARTS) is 3. The second-order valence-electron chi connectivity index (χ2n) is 6.34. The molecule has 1 rings (SSSR count). The zero-order valence-corrected chi connectivity index (χ0v) is 18.4. The first kappa shape index (κ1) is 26.1. The molecule has 1 aromatic heterocycles. The van der Waals surface area contributed by atoms with Gasteiger partial charge in [-0.1, -0.05) is 0 Å². The lowest BCUT2D eigenvalue weighted by molar-refractivity contribution is -0.147. The third kappa shape index (κ3) is 10.6. The van der Waals surface area contributed by atoms with Crippen molar-refractivity contribution in [3.8, 4) is 0 Å². The summed E-state index contributed by atoms with van der Waals surface area (Å²) in [5.41, 5.74) is 0.395. The lowest BCUT2D eigenvalue weighted by atomic mass is 10.1. The number of amides is 2. The van der Waals surface area contributed by atoms with Crippen LogP contribution in [0.4, 0.5) is 4.79 Å². The zero-order chi connectivity index (χ0) is 23.4. The Morgan fingerprint density at radius 2 is 1.74 bits per heavy atom. The topological polar surface area (TPSA) is 192 Å². The number of pyridine rings is 1. The normalized spacial score (nSPS) is 12.3. The van der Waals surface area contributed by atoms with Gasteiger partial charge < -0.3 is 30.7 Å². The van der Waals surface area contributed by atoms with Gasteiger partial charge in [-0.2, -0.15) is 0 Å². The van der Waals surface area contributed by atoms with Gasteiger partial charge in [0.1, 0.15) is 6.04 Å². The Morgan fingerprint density at radius 3 is 2.32 bits per heavy atom. The van der Waals surface area contributed by atoms with Gasteiger partial charge in [0.2, 0.25) is 6.10 Å². The molecule has 31 heavy (non-hydrogen) atoms. The molecule has 1 aromatic rings. The number of carbonyl (C=O) groups is 5. The fourth-order valence-electron chi connectivity index (χ4n) is 2.36. The van der Waals surface area contributed by atoms with E-state index in [4.69, 9.17) is 14.9 Å². The van der Waals surface area contributed by atoms with Crippen LogP contribution in [0.1, 0.15) is 42.5 Å². The van der Waals surface area contributed by atoms with E-state index < -0.39 is 42.6 Å². The molecule has 13 heteroatoms. The lowest BCUT2D eigenvalue weighted by Gasteiger charge is -2.17. The summed E-state index contributed by atoms with van der Waals surface area (Å²) in [6.07, 6.45) is 0.00186. The minimum absolute atomic E-state index is 0.0592. The van der Waals surface area contributed by atoms with E-state index in [0.29, 0.717) is 18.4 Å². The summed E-state index contributed by atoms with van der Waals surface area (Å²) in [5, 5.41) is 31.4. The maximum Gasteiger partial charge on any atom is 0.408 e. The summed E-state index contributed by atoms with van der Waals surface area (Å²) >= 11 is 2.03. The number of carbonyl (C=O) groups excluding carboxylic acids is 2. The number of halogens is 1. The maximum absolute atomic E-state index is 12.0. The molecule has 0 aliphatic rings. The van der Waals surface area contributed by atoms with Gasteiger partial charge in [0.25, 0.3) is 5.91 Å². The van der Waals surface area contributed by atoms with Crippen molar-refractivity contribution in [3.63, 3.8) is 0 Å². The first-order chi connectivity index (χ1) is 14.6. The molecule has 0 fully saturated rings. The molecule has 0 aromatic carbocycles. The Balaban J connectivity index is 2.42. The van der Waals surface area contributed by atoms with E-state index in [2.05, 4.69) is 10.3 Å². The molecule has 0 radical (unpaired) electrons. The van der Waals surface area contributed by atoms with Crippen molar-refractivity contribution < 1.29 is 44.0 Å². The van der Waals surface area contributed by atoms with Crippen molar-refractivity contribution >= 4 is 52.5 Å². The summed E-state index contributed by atoms with van der Waals surface area (Å²) in [6, 6.07) is 0.139. The molecule has 170 valence electrons. The highest BCUT2D eigenvalue weighted by Crippen LogP contribution is 2.08. The molecule has 12 nitrogen and oxygen atoms in total. The van der Waals surface area contributed by atoms with Crippen LogP contribution in [0, 0.1) is 3.57 Å². The van der Waals surface area contributed by atoms with E-state index in [-0.39, 0.29) is 25.3 Å². The van der Waals surface area contributed by atoms with Crippen LogP contribution < -0.4 is 10.6 Å². The highest BCUT2D eigenvalue weighted by Gasteiger charge is 2.26. The average molecular weight is 551 g/mol. The van der Waals surface area contributed by atoms with E-state index >= 15 is 0 Å². The Kier molecular flexibility index (Phi) is 11.2. The van der Waals surface area contributed by atoms with Crippen LogP contribution in [0.15, 0.2) is 18.5 Å². The molecular weight excluding hydrogens is 529 g/mol. The first-order valence-corrected chi connectivity index (χ1v) is 10.2. The van der Waals surface area contributed by atoms with Crippen molar-refractivity contribution in [2.75, 3.05) is 6.54 Å². The van der Waals surface area contributed by atoms with Crippen molar-refractivity contribution in [1.82, 2.24) is 15.6 Å². The number of nitrogens with zero attached hydrogens (tertiary/aromatic N) is 1. The van der Waals surface area contributed by atoms with Crippen LogP contribution in [0.3, 0.4) is 0 Å². The quantitative estimate of drug-likeness (QED) is 0.175. The van der Waals surface area contributed by atoms with Crippen molar-refractivity contribution in [1.29, 1.82) is 0 Å². The highest BCUT2D eigenvalue weighted by molar-refractivity contribution is 14.1. The molecule has 0 unspecified atom stereocenters. The minimum atomic E-state index is -1.52. The summed E-state index contributed by atoms with van der Waals surface area (Å²) in [4.78, 5) is 60.6. The molecule has 5 N–H and O–H groups in total. The second-order valence-corrected chi connectivity index (χ2v) is 7.59. The lowest BCUT2D eigenvalue weighted by Crippen LogP contribution is -2.43. The van der Waals surface area contributed by atoms with Gasteiger partial charge in [-0.05, 0) is 54.3 Å². The van der Waals surface area contributed by atoms with Gasteiger partial charge in [-0.15, -0.1) is 0 Å². The predicted octanol–water partition coefficient (Wildman–Crippen LogP) is 1.08. The highest BCUT2D eigenvalue weighted by atomic mass is 127. The number of rotatable bonds is 13. The number of hydrogen-bond donors (Lipinski definition) is 5. The molecule has 2 atom stereocenters. The van der Waals surface area contributed by atoms with E-state index in [1.165, 1.54) is 6.20 Å². The van der Waals surface area contributed by atoms with Crippen molar-refractivity contribution in [2.45, 2.75) is 44.2 Å². The number of aromatic nitrogens is 1. The Labute approximate surface area is 190 Å². The summed E-state index contributed by atoms with van der Waals surface area (Å²) in [6.45, 7) is 0.263. The standard InChI is InChI=1S/C18H22IN3O9/c19-11-7-10(8-20-9-11)15(25)21-6-2-1-3-13(17(28)29)31-18(30)22-12(16(26)27)4-5-14(23)24/h7-9,12-13H,1-6H2,(H,21,25)(H,22,30)(H,23,24)(H,26,27)(H,28,29)/t12-,13-/m0/s1. The number of unbranched alkanes of at least 4 members (excludes halogenated alkanes) is 1. The van der Waals surface area contributed by atoms with Gasteiger partial charge in [-0.3, -0.25) is 14.6 Å². The number of hydrogen-bond acceptors (Lipinski definition) is 7. The van der Waals surface area contributed by atoms with Crippen molar-refractivity contribution in [3.05, 3.63) is 27.6 Å². The maximum atomic E-state index is 12.0. The fraction of sp³-hybridized carbons (Fsp3) is 0.444. The van der Waals surface area contributed by atoms with Crippen LogP contribution in [0.2, 0.25) is 0 Å². The molecule has 0 aliphatic heterocycles. The summed E-state index contributed by atoms with van der Waals surface area (Å²) in [5.74, 6) is -4.45. The van der Waals surface area contributed by atoms with Gasteiger partial charge in [0.05, 0.1) is 5.56 Å². The van der Waals surface area contributed by atoms with Crippen LogP contribution in [-0.4, -0.2) is 68.9 Å². The van der Waals surface area contributed by atoms with Crippen LogP contribution in [0.25, 0.3) is 0 Å². The Hall–Kier alpha value is -2.97. The third-order valence-electron chi connectivity index (χ3n) is 3.91. The summed E-state index contributed by atoms with van der Waals surface area (Å²) < 4.78 is 5.56. The van der Waals surface area contributed by atoms with E-state index in [1.807, 2.05) is 27.9 Å². The zero-order valence-electron chi connectivity index (χ0n) is 16.2. The molecule has 0 bridgehead atoms. The fourth-order valence-corrected chi connectivity index (χ4v) is 2.85.